The highest BCUT2D eigenvalue weighted by molar-refractivity contribution is 7.11. The van der Waals surface area contributed by atoms with Gasteiger partial charge in [-0.3, -0.25) is 14.6 Å². The van der Waals surface area contributed by atoms with Gasteiger partial charge in [0.05, 0.1) is 18.1 Å². The third-order valence-electron chi connectivity index (χ3n) is 2.44. The molecule has 16 heavy (non-hydrogen) atoms. The number of nitrogens with zero attached hydrogens (tertiary/aromatic N) is 2. The number of amides is 1. The van der Waals surface area contributed by atoms with Crippen LogP contribution >= 0.6 is 11.3 Å². The van der Waals surface area contributed by atoms with Crippen molar-refractivity contribution in [1.82, 2.24) is 9.88 Å². The molecule has 0 aliphatic rings. The van der Waals surface area contributed by atoms with E-state index in [9.17, 15) is 9.59 Å². The van der Waals surface area contributed by atoms with Crippen LogP contribution in [-0.4, -0.2) is 39.5 Å². The van der Waals surface area contributed by atoms with E-state index in [1.807, 2.05) is 0 Å². The van der Waals surface area contributed by atoms with Crippen molar-refractivity contribution in [3.05, 3.63) is 16.6 Å². The van der Waals surface area contributed by atoms with E-state index in [1.165, 1.54) is 22.4 Å². The van der Waals surface area contributed by atoms with Crippen LogP contribution in [0.15, 0.2) is 11.7 Å². The fraction of sp³-hybridized carbons (Fsp3) is 0.500. The van der Waals surface area contributed by atoms with Gasteiger partial charge in [-0.15, -0.1) is 11.3 Å². The molecule has 1 aromatic heterocycles. The Bertz CT molecular complexity index is 387. The summed E-state index contributed by atoms with van der Waals surface area (Å²) in [5, 5.41) is 8.76. The molecule has 1 rings (SSSR count). The summed E-state index contributed by atoms with van der Waals surface area (Å²) in [5.41, 5.74) is 0.859. The summed E-state index contributed by atoms with van der Waals surface area (Å²) in [5.74, 6) is -1.12. The van der Waals surface area contributed by atoms with Gasteiger partial charge in [-0.05, 0) is 13.8 Å². The van der Waals surface area contributed by atoms with Gasteiger partial charge in [0.15, 0.2) is 0 Å². The number of hydrogen-bond donors (Lipinski definition) is 1. The number of thiazole rings is 1. The lowest BCUT2D eigenvalue weighted by Gasteiger charge is -2.34. The smallest absolute Gasteiger partial charge is 0.305 e. The van der Waals surface area contributed by atoms with Crippen LogP contribution in [0, 0.1) is 0 Å². The van der Waals surface area contributed by atoms with Crippen LogP contribution < -0.4 is 0 Å². The first-order chi connectivity index (χ1) is 7.34. The van der Waals surface area contributed by atoms with Crippen LogP contribution in [0.1, 0.15) is 29.9 Å². The fourth-order valence-electron chi connectivity index (χ4n) is 1.25. The van der Waals surface area contributed by atoms with Crippen LogP contribution in [0.3, 0.4) is 0 Å². The molecule has 1 amide bonds. The third-order valence-corrected chi connectivity index (χ3v) is 3.20. The second-order valence-electron chi connectivity index (χ2n) is 4.11. The molecule has 6 heteroatoms. The normalized spacial score (nSPS) is 11.2. The SMILES string of the molecule is CN(C(=O)c1cncs1)C(C)(C)CC(=O)O. The van der Waals surface area contributed by atoms with Crippen LogP contribution in [0.25, 0.3) is 0 Å². The minimum atomic E-state index is -0.922. The Hall–Kier alpha value is -1.43. The lowest BCUT2D eigenvalue weighted by Crippen LogP contribution is -2.46. The van der Waals surface area contributed by atoms with Gasteiger partial charge in [0.1, 0.15) is 4.88 Å². The second-order valence-corrected chi connectivity index (χ2v) is 5.00. The number of rotatable bonds is 4. The average Bonchev–Trinajstić information content (AvgIpc) is 2.66. The molecule has 0 saturated carbocycles. The average molecular weight is 242 g/mol. The molecule has 1 heterocycles. The van der Waals surface area contributed by atoms with Gasteiger partial charge < -0.3 is 10.0 Å². The molecule has 88 valence electrons. The molecule has 0 aliphatic heterocycles. The number of carboxylic acids is 1. The first-order valence-electron chi connectivity index (χ1n) is 4.73. The molecule has 0 radical (unpaired) electrons. The Balaban J connectivity index is 2.81. The first-order valence-corrected chi connectivity index (χ1v) is 5.61. The highest BCUT2D eigenvalue weighted by Gasteiger charge is 2.31. The summed E-state index contributed by atoms with van der Waals surface area (Å²) in [6.07, 6.45) is 1.40. The van der Waals surface area contributed by atoms with E-state index in [-0.39, 0.29) is 12.3 Å². The van der Waals surface area contributed by atoms with E-state index in [4.69, 9.17) is 5.11 Å². The summed E-state index contributed by atoms with van der Waals surface area (Å²) >= 11 is 1.24. The second kappa shape index (κ2) is 4.61. The van der Waals surface area contributed by atoms with E-state index in [2.05, 4.69) is 4.98 Å². The molecular formula is C10H14N2O3S. The topological polar surface area (TPSA) is 70.5 Å². The number of hydrogen-bond acceptors (Lipinski definition) is 4. The molecule has 0 fully saturated rings. The van der Waals surface area contributed by atoms with Gasteiger partial charge in [-0.2, -0.15) is 0 Å². The van der Waals surface area contributed by atoms with E-state index < -0.39 is 11.5 Å². The van der Waals surface area contributed by atoms with Crippen molar-refractivity contribution in [3.63, 3.8) is 0 Å². The van der Waals surface area contributed by atoms with Crippen LogP contribution in [0.2, 0.25) is 0 Å². The van der Waals surface area contributed by atoms with E-state index in [0.29, 0.717) is 4.88 Å². The monoisotopic (exact) mass is 242 g/mol. The fourth-order valence-corrected chi connectivity index (χ4v) is 1.84. The van der Waals surface area contributed by atoms with Gasteiger partial charge in [0.25, 0.3) is 5.91 Å². The number of aromatic nitrogens is 1. The Labute approximate surface area is 97.7 Å². The zero-order valence-corrected chi connectivity index (χ0v) is 10.2. The molecule has 0 atom stereocenters. The standard InChI is InChI=1S/C10H14N2O3S/c1-10(2,4-8(13)14)12(3)9(15)7-5-11-6-16-7/h5-6H,4H2,1-3H3,(H,13,14). The van der Waals surface area contributed by atoms with Crippen molar-refractivity contribution in [2.75, 3.05) is 7.05 Å². The highest BCUT2D eigenvalue weighted by atomic mass is 32.1. The van der Waals surface area contributed by atoms with Gasteiger partial charge in [-0.25, -0.2) is 0 Å². The zero-order chi connectivity index (χ0) is 12.3. The zero-order valence-electron chi connectivity index (χ0n) is 9.43. The maximum absolute atomic E-state index is 11.9. The molecule has 0 bridgehead atoms. The Morgan fingerprint density at radius 1 is 1.56 bits per heavy atom. The number of aliphatic carboxylic acids is 1. The quantitative estimate of drug-likeness (QED) is 0.868. The minimum absolute atomic E-state index is 0.0892. The summed E-state index contributed by atoms with van der Waals surface area (Å²) < 4.78 is 0. The van der Waals surface area contributed by atoms with E-state index in [1.54, 1.807) is 26.4 Å². The molecule has 0 aliphatic carbocycles. The molecule has 0 spiro atoms. The third kappa shape index (κ3) is 2.79. The van der Waals surface area contributed by atoms with Crippen LogP contribution in [-0.2, 0) is 4.79 Å². The molecule has 5 nitrogen and oxygen atoms in total. The molecular weight excluding hydrogens is 228 g/mol. The Morgan fingerprint density at radius 3 is 2.62 bits per heavy atom. The lowest BCUT2D eigenvalue weighted by molar-refractivity contribution is -0.139. The van der Waals surface area contributed by atoms with Crippen molar-refractivity contribution >= 4 is 23.2 Å². The predicted molar refractivity (Wildman–Crippen MR) is 60.5 cm³/mol. The number of carbonyl (C=O) groups excluding carboxylic acids is 1. The van der Waals surface area contributed by atoms with Gasteiger partial charge >= 0.3 is 5.97 Å². The predicted octanol–water partition coefficient (Wildman–Crippen LogP) is 1.47. The van der Waals surface area contributed by atoms with Crippen LogP contribution in [0.4, 0.5) is 0 Å². The van der Waals surface area contributed by atoms with Crippen molar-refractivity contribution < 1.29 is 14.7 Å². The molecule has 1 aromatic rings. The summed E-state index contributed by atoms with van der Waals surface area (Å²) in [6.45, 7) is 3.44. The maximum atomic E-state index is 11.9. The number of carbonyl (C=O) groups is 2. The molecule has 0 saturated heterocycles. The van der Waals surface area contributed by atoms with Crippen molar-refractivity contribution in [2.45, 2.75) is 25.8 Å². The summed E-state index contributed by atoms with van der Waals surface area (Å²) in [7, 11) is 1.60. The van der Waals surface area contributed by atoms with Gasteiger partial charge in [0.2, 0.25) is 0 Å². The summed E-state index contributed by atoms with van der Waals surface area (Å²) in [4.78, 5) is 28.4. The van der Waals surface area contributed by atoms with Crippen molar-refractivity contribution in [2.24, 2.45) is 0 Å². The van der Waals surface area contributed by atoms with E-state index in [0.717, 1.165) is 0 Å². The minimum Gasteiger partial charge on any atom is -0.481 e. The summed E-state index contributed by atoms with van der Waals surface area (Å²) in [6, 6.07) is 0. The highest BCUT2D eigenvalue weighted by Crippen LogP contribution is 2.20. The van der Waals surface area contributed by atoms with Crippen LogP contribution in [0.5, 0.6) is 0 Å². The van der Waals surface area contributed by atoms with Gasteiger partial charge in [0, 0.05) is 12.6 Å². The molecule has 1 N–H and O–H groups in total. The first kappa shape index (κ1) is 12.6. The maximum Gasteiger partial charge on any atom is 0.305 e. The van der Waals surface area contributed by atoms with E-state index >= 15 is 0 Å². The van der Waals surface area contributed by atoms with Gasteiger partial charge in [-0.1, -0.05) is 0 Å². The molecule has 0 unspecified atom stereocenters. The lowest BCUT2D eigenvalue weighted by atomic mass is 9.98. The van der Waals surface area contributed by atoms with Crippen molar-refractivity contribution in [3.8, 4) is 0 Å². The van der Waals surface area contributed by atoms with Crippen molar-refractivity contribution in [1.29, 1.82) is 0 Å². The Kier molecular flexibility index (Phi) is 3.64. The number of carboxylic acid groups (broad SMARTS) is 1. The Morgan fingerprint density at radius 2 is 2.19 bits per heavy atom. The molecule has 0 aromatic carbocycles. The largest absolute Gasteiger partial charge is 0.481 e.